The number of fused-ring (bicyclic) bond motifs is 5. The fourth-order valence-corrected chi connectivity index (χ4v) is 3.28. The third-order valence-electron chi connectivity index (χ3n) is 4.52. The monoisotopic (exact) mass is 319 g/mol. The number of aromatic amines is 1. The van der Waals surface area contributed by atoms with Crippen molar-refractivity contribution in [2.75, 3.05) is 13.2 Å². The van der Waals surface area contributed by atoms with Crippen molar-refractivity contribution in [3.05, 3.63) is 48.3 Å². The summed E-state index contributed by atoms with van der Waals surface area (Å²) in [6.45, 7) is 3.51. The van der Waals surface area contributed by atoms with Gasteiger partial charge in [0.05, 0.1) is 12.1 Å². The topological polar surface area (TPSA) is 63.9 Å². The molecule has 0 fully saturated rings. The minimum Gasteiger partial charge on any atom is -0.494 e. The second kappa shape index (κ2) is 6.13. The Labute approximate surface area is 140 Å². The van der Waals surface area contributed by atoms with Gasteiger partial charge in [-0.25, -0.2) is 0 Å². The van der Waals surface area contributed by atoms with E-state index in [1.54, 1.807) is 0 Å². The highest BCUT2D eigenvalue weighted by Crippen LogP contribution is 2.34. The fourth-order valence-electron chi connectivity index (χ4n) is 3.28. The molecule has 4 heteroatoms. The third-order valence-corrected chi connectivity index (χ3v) is 4.52. The second-order valence-corrected chi connectivity index (χ2v) is 6.22. The lowest BCUT2D eigenvalue weighted by molar-refractivity contribution is 0.308. The Morgan fingerprint density at radius 3 is 2.88 bits per heavy atom. The molecule has 4 rings (SSSR count). The van der Waals surface area contributed by atoms with Gasteiger partial charge in [-0.1, -0.05) is 6.07 Å². The van der Waals surface area contributed by atoms with Crippen molar-refractivity contribution in [3.8, 4) is 5.75 Å². The molecule has 24 heavy (non-hydrogen) atoms. The number of hydrogen-bond acceptors (Lipinski definition) is 3. The number of benzene rings is 2. The van der Waals surface area contributed by atoms with Crippen LogP contribution in [-0.2, 0) is 0 Å². The molecule has 2 aromatic carbocycles. The van der Waals surface area contributed by atoms with E-state index in [1.165, 1.54) is 21.5 Å². The fraction of sp³-hybridized carbons (Fsp3) is 0.250. The van der Waals surface area contributed by atoms with E-state index in [4.69, 9.17) is 10.5 Å². The number of aromatic nitrogens is 2. The summed E-state index contributed by atoms with van der Waals surface area (Å²) in [5.41, 5.74) is 8.99. The molecule has 4 nitrogen and oxygen atoms in total. The summed E-state index contributed by atoms with van der Waals surface area (Å²) in [5.74, 6) is 0.910. The molecule has 0 saturated heterocycles. The van der Waals surface area contributed by atoms with E-state index in [0.29, 0.717) is 13.2 Å². The van der Waals surface area contributed by atoms with Crippen LogP contribution in [0.5, 0.6) is 5.75 Å². The second-order valence-electron chi connectivity index (χ2n) is 6.22. The molecule has 0 radical (unpaired) electrons. The van der Waals surface area contributed by atoms with E-state index in [0.717, 1.165) is 35.2 Å². The molecule has 2 aromatic heterocycles. The van der Waals surface area contributed by atoms with Crippen LogP contribution in [0.4, 0.5) is 0 Å². The van der Waals surface area contributed by atoms with Gasteiger partial charge < -0.3 is 15.5 Å². The Bertz CT molecular complexity index is 1020. The zero-order valence-corrected chi connectivity index (χ0v) is 13.8. The molecule has 0 saturated carbocycles. The first-order valence-corrected chi connectivity index (χ1v) is 8.39. The van der Waals surface area contributed by atoms with Gasteiger partial charge in [-0.05, 0) is 66.9 Å². The van der Waals surface area contributed by atoms with Crippen molar-refractivity contribution in [2.45, 2.75) is 19.8 Å². The molecule has 0 bridgehead atoms. The predicted octanol–water partition coefficient (Wildman–Crippen LogP) is 4.30. The summed E-state index contributed by atoms with van der Waals surface area (Å²) in [4.78, 5) is 7.88. The summed E-state index contributed by atoms with van der Waals surface area (Å²) in [7, 11) is 0. The Hall–Kier alpha value is -2.59. The van der Waals surface area contributed by atoms with Crippen molar-refractivity contribution in [1.29, 1.82) is 0 Å². The maximum absolute atomic E-state index is 5.84. The molecule has 0 unspecified atom stereocenters. The highest BCUT2D eigenvalue weighted by Gasteiger charge is 2.10. The summed E-state index contributed by atoms with van der Waals surface area (Å²) in [6.07, 6.45) is 5.82. The summed E-state index contributed by atoms with van der Waals surface area (Å²) >= 11 is 0. The van der Waals surface area contributed by atoms with Gasteiger partial charge in [0.2, 0.25) is 0 Å². The van der Waals surface area contributed by atoms with Gasteiger partial charge in [0, 0.05) is 28.7 Å². The van der Waals surface area contributed by atoms with E-state index in [-0.39, 0.29) is 0 Å². The minimum atomic E-state index is 0.709. The maximum atomic E-state index is 5.84. The molecule has 4 aromatic rings. The van der Waals surface area contributed by atoms with E-state index in [1.807, 2.05) is 18.5 Å². The number of pyridine rings is 1. The van der Waals surface area contributed by atoms with Crippen molar-refractivity contribution in [2.24, 2.45) is 5.73 Å². The van der Waals surface area contributed by atoms with E-state index >= 15 is 0 Å². The Morgan fingerprint density at radius 1 is 1.08 bits per heavy atom. The van der Waals surface area contributed by atoms with Gasteiger partial charge in [0.15, 0.2) is 0 Å². The van der Waals surface area contributed by atoms with Gasteiger partial charge in [0.25, 0.3) is 0 Å². The zero-order valence-electron chi connectivity index (χ0n) is 13.8. The van der Waals surface area contributed by atoms with Crippen LogP contribution < -0.4 is 10.5 Å². The van der Waals surface area contributed by atoms with E-state index < -0.39 is 0 Å². The maximum Gasteiger partial charge on any atom is 0.119 e. The van der Waals surface area contributed by atoms with Crippen molar-refractivity contribution in [1.82, 2.24) is 9.97 Å². The van der Waals surface area contributed by atoms with Gasteiger partial charge in [-0.15, -0.1) is 0 Å². The van der Waals surface area contributed by atoms with Crippen LogP contribution in [0.1, 0.15) is 18.4 Å². The molecule has 0 aliphatic heterocycles. The Morgan fingerprint density at radius 2 is 2.00 bits per heavy atom. The van der Waals surface area contributed by atoms with Crippen LogP contribution in [0.25, 0.3) is 32.6 Å². The zero-order chi connectivity index (χ0) is 16.5. The molecule has 122 valence electrons. The quantitative estimate of drug-likeness (QED) is 0.539. The van der Waals surface area contributed by atoms with Gasteiger partial charge in [-0.2, -0.15) is 0 Å². The van der Waals surface area contributed by atoms with Crippen LogP contribution in [0, 0.1) is 6.92 Å². The predicted molar refractivity (Wildman–Crippen MR) is 99.6 cm³/mol. The SMILES string of the molecule is Cc1cncc2c1[nH]c1ccc3cc(OCCCCN)ccc3c12. The number of aryl methyl sites for hydroxylation is 1. The Kier molecular flexibility index (Phi) is 3.82. The summed E-state index contributed by atoms with van der Waals surface area (Å²) in [5, 5.41) is 4.81. The average Bonchev–Trinajstić information content (AvgIpc) is 2.99. The van der Waals surface area contributed by atoms with Crippen LogP contribution in [0.3, 0.4) is 0 Å². The van der Waals surface area contributed by atoms with Crippen molar-refractivity contribution in [3.63, 3.8) is 0 Å². The van der Waals surface area contributed by atoms with Gasteiger partial charge in [0.1, 0.15) is 5.75 Å². The molecule has 0 spiro atoms. The first kappa shape index (κ1) is 15.0. The molecular weight excluding hydrogens is 298 g/mol. The number of H-pyrrole nitrogens is 1. The van der Waals surface area contributed by atoms with Crippen LogP contribution >= 0.6 is 0 Å². The number of unbranched alkanes of at least 4 members (excludes halogenated alkanes) is 1. The van der Waals surface area contributed by atoms with Crippen LogP contribution in [0.2, 0.25) is 0 Å². The normalized spacial score (nSPS) is 11.6. The number of nitrogens with two attached hydrogens (primary N) is 1. The standard InChI is InChI=1S/C20H21N3O/c1-13-11-22-12-17-19-16-6-5-15(24-9-3-2-8-21)10-14(16)4-7-18(19)23-20(13)17/h4-7,10-12,23H,2-3,8-9,21H2,1H3. The number of nitrogens with zero attached hydrogens (tertiary/aromatic N) is 1. The minimum absolute atomic E-state index is 0.709. The van der Waals surface area contributed by atoms with E-state index in [9.17, 15) is 0 Å². The smallest absolute Gasteiger partial charge is 0.119 e. The van der Waals surface area contributed by atoms with Crippen LogP contribution in [-0.4, -0.2) is 23.1 Å². The Balaban J connectivity index is 1.80. The molecule has 3 N–H and O–H groups in total. The van der Waals surface area contributed by atoms with Gasteiger partial charge >= 0.3 is 0 Å². The number of rotatable bonds is 5. The number of nitrogens with one attached hydrogen (secondary N) is 1. The van der Waals surface area contributed by atoms with Gasteiger partial charge in [-0.3, -0.25) is 4.98 Å². The van der Waals surface area contributed by atoms with Crippen LogP contribution in [0.15, 0.2) is 42.7 Å². The number of hydrogen-bond donors (Lipinski definition) is 2. The van der Waals surface area contributed by atoms with Crippen molar-refractivity contribution >= 4 is 32.6 Å². The lowest BCUT2D eigenvalue weighted by atomic mass is 10.0. The molecule has 2 heterocycles. The lowest BCUT2D eigenvalue weighted by Gasteiger charge is -2.08. The lowest BCUT2D eigenvalue weighted by Crippen LogP contribution is -2.03. The summed E-state index contributed by atoms with van der Waals surface area (Å²) < 4.78 is 5.84. The molecule has 0 atom stereocenters. The molecule has 0 aliphatic carbocycles. The molecular formula is C20H21N3O. The highest BCUT2D eigenvalue weighted by atomic mass is 16.5. The largest absolute Gasteiger partial charge is 0.494 e. The molecule has 0 amide bonds. The third kappa shape index (κ3) is 2.49. The highest BCUT2D eigenvalue weighted by molar-refractivity contribution is 6.20. The average molecular weight is 319 g/mol. The summed E-state index contributed by atoms with van der Waals surface area (Å²) in [6, 6.07) is 10.6. The molecule has 0 aliphatic rings. The number of ether oxygens (including phenoxy) is 1. The first-order chi connectivity index (χ1) is 11.8. The first-order valence-electron chi connectivity index (χ1n) is 8.39. The van der Waals surface area contributed by atoms with E-state index in [2.05, 4.69) is 41.2 Å². The van der Waals surface area contributed by atoms with Crippen molar-refractivity contribution < 1.29 is 4.74 Å².